The van der Waals surface area contributed by atoms with E-state index in [0.29, 0.717) is 12.1 Å². The number of hydrogen-bond donors (Lipinski definition) is 0. The molecule has 134 valence electrons. The molecule has 7 nitrogen and oxygen atoms in total. The standard InChI is InChI=1S/C16H24N2O5S/c1-5-11-18(12-10-15(19)23-4)16(20)13-6-8-14(9-7-13)24(21,22)17(2)3/h6-9H,5,10-12H2,1-4H3. The van der Waals surface area contributed by atoms with Gasteiger partial charge in [-0.1, -0.05) is 6.92 Å². The van der Waals surface area contributed by atoms with Crippen LogP contribution in [0.25, 0.3) is 0 Å². The predicted octanol–water partition coefficient (Wildman–Crippen LogP) is 1.35. The fourth-order valence-electron chi connectivity index (χ4n) is 2.08. The highest BCUT2D eigenvalue weighted by atomic mass is 32.2. The molecule has 1 rings (SSSR count). The Kier molecular flexibility index (Phi) is 7.37. The number of hydrogen-bond acceptors (Lipinski definition) is 5. The third-order valence-electron chi connectivity index (χ3n) is 3.47. The van der Waals surface area contributed by atoms with Gasteiger partial charge in [0.25, 0.3) is 5.91 Å². The largest absolute Gasteiger partial charge is 0.469 e. The summed E-state index contributed by atoms with van der Waals surface area (Å²) in [4.78, 5) is 25.5. The molecule has 1 amide bonds. The minimum absolute atomic E-state index is 0.120. The number of esters is 1. The zero-order valence-electron chi connectivity index (χ0n) is 14.5. The van der Waals surface area contributed by atoms with Crippen LogP contribution < -0.4 is 0 Å². The molecule has 0 saturated carbocycles. The van der Waals surface area contributed by atoms with Gasteiger partial charge in [-0.15, -0.1) is 0 Å². The number of sulfonamides is 1. The van der Waals surface area contributed by atoms with Gasteiger partial charge >= 0.3 is 5.97 Å². The molecular formula is C16H24N2O5S. The van der Waals surface area contributed by atoms with Crippen molar-refractivity contribution in [1.29, 1.82) is 0 Å². The van der Waals surface area contributed by atoms with Gasteiger partial charge in [-0.2, -0.15) is 0 Å². The molecule has 0 heterocycles. The number of benzene rings is 1. The van der Waals surface area contributed by atoms with E-state index in [2.05, 4.69) is 4.74 Å². The number of methoxy groups -OCH3 is 1. The maximum atomic E-state index is 12.5. The van der Waals surface area contributed by atoms with E-state index in [-0.39, 0.29) is 29.7 Å². The average Bonchev–Trinajstić information content (AvgIpc) is 2.57. The van der Waals surface area contributed by atoms with E-state index in [0.717, 1.165) is 10.7 Å². The normalized spacial score (nSPS) is 11.4. The first-order valence-corrected chi connectivity index (χ1v) is 9.06. The molecule has 0 N–H and O–H groups in total. The lowest BCUT2D eigenvalue weighted by Crippen LogP contribution is -2.34. The lowest BCUT2D eigenvalue weighted by Gasteiger charge is -2.22. The van der Waals surface area contributed by atoms with Crippen LogP contribution >= 0.6 is 0 Å². The molecular weight excluding hydrogens is 332 g/mol. The number of carbonyl (C=O) groups excluding carboxylic acids is 2. The van der Waals surface area contributed by atoms with E-state index in [4.69, 9.17) is 0 Å². The van der Waals surface area contributed by atoms with Crippen molar-refractivity contribution in [2.75, 3.05) is 34.3 Å². The van der Waals surface area contributed by atoms with Gasteiger partial charge in [-0.3, -0.25) is 9.59 Å². The second-order valence-electron chi connectivity index (χ2n) is 5.43. The lowest BCUT2D eigenvalue weighted by atomic mass is 10.2. The molecule has 0 saturated heterocycles. The molecule has 0 atom stereocenters. The number of ether oxygens (including phenoxy) is 1. The zero-order chi connectivity index (χ0) is 18.3. The quantitative estimate of drug-likeness (QED) is 0.657. The van der Waals surface area contributed by atoms with E-state index >= 15 is 0 Å². The predicted molar refractivity (Wildman–Crippen MR) is 90.1 cm³/mol. The first-order valence-electron chi connectivity index (χ1n) is 7.62. The molecule has 0 radical (unpaired) electrons. The Labute approximate surface area is 143 Å². The van der Waals surface area contributed by atoms with Gasteiger partial charge in [-0.25, -0.2) is 12.7 Å². The fraction of sp³-hybridized carbons (Fsp3) is 0.500. The zero-order valence-corrected chi connectivity index (χ0v) is 15.3. The van der Waals surface area contributed by atoms with E-state index < -0.39 is 10.0 Å². The summed E-state index contributed by atoms with van der Waals surface area (Å²) in [7, 11) is 0.674. The monoisotopic (exact) mass is 356 g/mol. The maximum absolute atomic E-state index is 12.5. The van der Waals surface area contributed by atoms with Crippen molar-refractivity contribution >= 4 is 21.9 Å². The fourth-order valence-corrected chi connectivity index (χ4v) is 2.98. The summed E-state index contributed by atoms with van der Waals surface area (Å²) in [6.07, 6.45) is 0.870. The van der Waals surface area contributed by atoms with Crippen LogP contribution in [0.3, 0.4) is 0 Å². The van der Waals surface area contributed by atoms with Crippen LogP contribution in [-0.4, -0.2) is 63.8 Å². The number of carbonyl (C=O) groups is 2. The third-order valence-corrected chi connectivity index (χ3v) is 5.30. The summed E-state index contributed by atoms with van der Waals surface area (Å²) in [5, 5.41) is 0. The number of rotatable bonds is 8. The topological polar surface area (TPSA) is 84.0 Å². The highest BCUT2D eigenvalue weighted by Crippen LogP contribution is 2.15. The number of amides is 1. The van der Waals surface area contributed by atoms with Gasteiger partial charge in [0.15, 0.2) is 0 Å². The third kappa shape index (κ3) is 5.04. The van der Waals surface area contributed by atoms with Crippen LogP contribution in [0.15, 0.2) is 29.2 Å². The van der Waals surface area contributed by atoms with Crippen LogP contribution in [-0.2, 0) is 19.6 Å². The second kappa shape index (κ2) is 8.79. The molecule has 0 spiro atoms. The molecule has 0 aliphatic carbocycles. The smallest absolute Gasteiger partial charge is 0.307 e. The Morgan fingerprint density at radius 1 is 1.08 bits per heavy atom. The van der Waals surface area contributed by atoms with Crippen molar-refractivity contribution in [3.05, 3.63) is 29.8 Å². The first-order chi connectivity index (χ1) is 11.2. The molecule has 1 aromatic rings. The van der Waals surface area contributed by atoms with Crippen LogP contribution in [0, 0.1) is 0 Å². The van der Waals surface area contributed by atoms with Gasteiger partial charge in [-0.05, 0) is 30.7 Å². The van der Waals surface area contributed by atoms with Gasteiger partial charge in [0.05, 0.1) is 18.4 Å². The van der Waals surface area contributed by atoms with Gasteiger partial charge in [0.2, 0.25) is 10.0 Å². The Morgan fingerprint density at radius 2 is 1.67 bits per heavy atom. The molecule has 24 heavy (non-hydrogen) atoms. The van der Waals surface area contributed by atoms with Crippen LogP contribution in [0.1, 0.15) is 30.1 Å². The summed E-state index contributed by atoms with van der Waals surface area (Å²) in [6.45, 7) is 2.70. The Balaban J connectivity index is 2.93. The molecule has 0 bridgehead atoms. The lowest BCUT2D eigenvalue weighted by molar-refractivity contribution is -0.140. The number of nitrogens with zero attached hydrogens (tertiary/aromatic N) is 2. The van der Waals surface area contributed by atoms with Gasteiger partial charge in [0.1, 0.15) is 0 Å². The summed E-state index contributed by atoms with van der Waals surface area (Å²) in [6, 6.07) is 5.79. The van der Waals surface area contributed by atoms with E-state index in [1.165, 1.54) is 45.5 Å². The molecule has 0 fully saturated rings. The molecule has 0 unspecified atom stereocenters. The van der Waals surface area contributed by atoms with E-state index in [1.807, 2.05) is 6.92 Å². The minimum atomic E-state index is -3.53. The summed E-state index contributed by atoms with van der Waals surface area (Å²) in [5.74, 6) is -0.620. The Bertz CT molecular complexity index is 668. The van der Waals surface area contributed by atoms with Crippen LogP contribution in [0.4, 0.5) is 0 Å². The van der Waals surface area contributed by atoms with Crippen molar-refractivity contribution in [3.63, 3.8) is 0 Å². The minimum Gasteiger partial charge on any atom is -0.469 e. The van der Waals surface area contributed by atoms with Crippen molar-refractivity contribution in [2.24, 2.45) is 0 Å². The maximum Gasteiger partial charge on any atom is 0.307 e. The SMILES string of the molecule is CCCN(CCC(=O)OC)C(=O)c1ccc(S(=O)(=O)N(C)C)cc1. The van der Waals surface area contributed by atoms with Crippen LogP contribution in [0.5, 0.6) is 0 Å². The first kappa shape index (κ1) is 20.1. The summed E-state index contributed by atoms with van der Waals surface area (Å²) < 4.78 is 29.8. The Morgan fingerprint density at radius 3 is 2.12 bits per heavy atom. The van der Waals surface area contributed by atoms with E-state index in [1.54, 1.807) is 4.90 Å². The van der Waals surface area contributed by atoms with Crippen molar-refractivity contribution in [1.82, 2.24) is 9.21 Å². The Hall–Kier alpha value is -1.93. The molecule has 8 heteroatoms. The average molecular weight is 356 g/mol. The molecule has 0 aliphatic rings. The van der Waals surface area contributed by atoms with Gasteiger partial charge < -0.3 is 9.64 Å². The molecule has 0 aliphatic heterocycles. The summed E-state index contributed by atoms with van der Waals surface area (Å²) >= 11 is 0. The summed E-state index contributed by atoms with van der Waals surface area (Å²) in [5.41, 5.74) is 0.381. The van der Waals surface area contributed by atoms with Crippen molar-refractivity contribution in [3.8, 4) is 0 Å². The molecule has 0 aromatic heterocycles. The highest BCUT2D eigenvalue weighted by Gasteiger charge is 2.20. The molecule has 1 aromatic carbocycles. The van der Waals surface area contributed by atoms with E-state index in [9.17, 15) is 18.0 Å². The van der Waals surface area contributed by atoms with Gasteiger partial charge in [0, 0.05) is 32.7 Å². The highest BCUT2D eigenvalue weighted by molar-refractivity contribution is 7.89. The second-order valence-corrected chi connectivity index (χ2v) is 7.58. The van der Waals surface area contributed by atoms with Crippen molar-refractivity contribution in [2.45, 2.75) is 24.7 Å². The van der Waals surface area contributed by atoms with Crippen molar-refractivity contribution < 1.29 is 22.7 Å². The van der Waals surface area contributed by atoms with Crippen LogP contribution in [0.2, 0.25) is 0 Å².